The second-order valence-electron chi connectivity index (χ2n) is 4.43. The van der Waals surface area contributed by atoms with E-state index in [1.807, 2.05) is 25.1 Å². The van der Waals surface area contributed by atoms with Gasteiger partial charge in [-0.05, 0) is 18.1 Å². The number of anilines is 1. The molecule has 0 aromatic heterocycles. The van der Waals surface area contributed by atoms with E-state index in [-0.39, 0.29) is 19.1 Å². The molecule has 22 heavy (non-hydrogen) atoms. The second-order valence-corrected chi connectivity index (χ2v) is 4.43. The van der Waals surface area contributed by atoms with Crippen LogP contribution in [-0.4, -0.2) is 44.7 Å². The van der Waals surface area contributed by atoms with Gasteiger partial charge in [0, 0.05) is 12.8 Å². The van der Waals surface area contributed by atoms with Crippen LogP contribution in [0.4, 0.5) is 5.69 Å². The number of hydrogen-bond acceptors (Lipinski definition) is 5. The minimum Gasteiger partial charge on any atom is -0.454 e. The fourth-order valence-corrected chi connectivity index (χ4v) is 1.68. The van der Waals surface area contributed by atoms with Gasteiger partial charge in [-0.25, -0.2) is 4.79 Å². The van der Waals surface area contributed by atoms with Crippen LogP contribution in [0.3, 0.4) is 0 Å². The molecule has 0 spiro atoms. The molecule has 0 heterocycles. The molecule has 0 fully saturated rings. The highest BCUT2D eigenvalue weighted by molar-refractivity contribution is 5.95. The van der Waals surface area contributed by atoms with Gasteiger partial charge in [-0.1, -0.05) is 25.1 Å². The molecule has 1 aromatic rings. The van der Waals surface area contributed by atoms with Crippen molar-refractivity contribution in [3.05, 3.63) is 29.8 Å². The Morgan fingerprint density at radius 1 is 1.09 bits per heavy atom. The van der Waals surface area contributed by atoms with Crippen molar-refractivity contribution >= 4 is 23.5 Å². The van der Waals surface area contributed by atoms with Crippen molar-refractivity contribution in [1.82, 2.24) is 5.32 Å². The van der Waals surface area contributed by atoms with Crippen LogP contribution in [0.1, 0.15) is 12.5 Å². The lowest BCUT2D eigenvalue weighted by atomic mass is 10.1. The zero-order valence-electron chi connectivity index (χ0n) is 12.7. The van der Waals surface area contributed by atoms with E-state index in [0.717, 1.165) is 17.7 Å². The molecule has 2 N–H and O–H groups in total. The molecule has 0 atom stereocenters. The van der Waals surface area contributed by atoms with Gasteiger partial charge in [0.2, 0.25) is 5.91 Å². The van der Waals surface area contributed by atoms with Crippen LogP contribution in [0.5, 0.6) is 0 Å². The van der Waals surface area contributed by atoms with Gasteiger partial charge in [0.1, 0.15) is 6.61 Å². The van der Waals surface area contributed by atoms with Crippen LogP contribution in [0.25, 0.3) is 0 Å². The number of carbonyl (C=O) groups excluding carboxylic acids is 3. The summed E-state index contributed by atoms with van der Waals surface area (Å²) in [7, 11) is 1.35. The van der Waals surface area contributed by atoms with Crippen LogP contribution in [0.15, 0.2) is 24.3 Å². The molecule has 7 nitrogen and oxygen atoms in total. The topological polar surface area (TPSA) is 93.7 Å². The van der Waals surface area contributed by atoms with Gasteiger partial charge in [-0.2, -0.15) is 0 Å². The lowest BCUT2D eigenvalue weighted by molar-refractivity contribution is -0.152. The molecular weight excluding hydrogens is 288 g/mol. The van der Waals surface area contributed by atoms with Crippen molar-refractivity contribution in [3.8, 4) is 0 Å². The van der Waals surface area contributed by atoms with Gasteiger partial charge in [0.05, 0.1) is 6.54 Å². The summed E-state index contributed by atoms with van der Waals surface area (Å²) in [6.45, 7) is 1.13. The number of benzene rings is 1. The quantitative estimate of drug-likeness (QED) is 0.682. The molecule has 0 radical (unpaired) electrons. The number of ether oxygens (including phenoxy) is 2. The zero-order valence-corrected chi connectivity index (χ0v) is 12.7. The molecule has 0 aliphatic rings. The maximum absolute atomic E-state index is 11.8. The molecule has 120 valence electrons. The van der Waals surface area contributed by atoms with Gasteiger partial charge in [-0.3, -0.25) is 9.59 Å². The number of hydrogen-bond donors (Lipinski definition) is 2. The Balaban J connectivity index is 2.33. The monoisotopic (exact) mass is 308 g/mol. The molecule has 0 aliphatic carbocycles. The van der Waals surface area contributed by atoms with Crippen LogP contribution in [-0.2, 0) is 30.3 Å². The van der Waals surface area contributed by atoms with E-state index in [9.17, 15) is 14.4 Å². The summed E-state index contributed by atoms with van der Waals surface area (Å²) < 4.78 is 9.18. The third-order valence-electron chi connectivity index (χ3n) is 2.74. The first kappa shape index (κ1) is 17.6. The molecule has 2 amide bonds. The third kappa shape index (κ3) is 6.36. The summed E-state index contributed by atoms with van der Waals surface area (Å²) in [6, 6.07) is 7.43. The number of nitrogens with one attached hydrogen (secondary N) is 2. The van der Waals surface area contributed by atoms with E-state index in [0.29, 0.717) is 0 Å². The SMILES string of the molecule is CCc1ccccc1NC(=O)CNC(=O)COC(=O)COC. The molecule has 7 heteroatoms. The summed E-state index contributed by atoms with van der Waals surface area (Å²) in [5, 5.41) is 5.09. The fraction of sp³-hybridized carbons (Fsp3) is 0.400. The van der Waals surface area contributed by atoms with E-state index >= 15 is 0 Å². The van der Waals surface area contributed by atoms with Crippen LogP contribution in [0, 0.1) is 0 Å². The second kappa shape index (κ2) is 9.51. The molecule has 1 aromatic carbocycles. The molecule has 0 unspecified atom stereocenters. The minimum atomic E-state index is -0.640. The highest BCUT2D eigenvalue weighted by atomic mass is 16.6. The van der Waals surface area contributed by atoms with E-state index in [1.165, 1.54) is 7.11 Å². The molecule has 0 saturated carbocycles. The third-order valence-corrected chi connectivity index (χ3v) is 2.74. The standard InChI is InChI=1S/C15H20N2O5/c1-3-11-6-4-5-7-12(11)17-13(18)8-16-14(19)9-22-15(20)10-21-2/h4-7H,3,8-10H2,1-2H3,(H,16,19)(H,17,18). The van der Waals surface area contributed by atoms with Crippen molar-refractivity contribution in [2.75, 3.05) is 32.2 Å². The van der Waals surface area contributed by atoms with E-state index < -0.39 is 18.5 Å². The average molecular weight is 308 g/mol. The lowest BCUT2D eigenvalue weighted by Crippen LogP contribution is -2.36. The van der Waals surface area contributed by atoms with Gasteiger partial charge in [0.15, 0.2) is 6.61 Å². The first-order chi connectivity index (χ1) is 10.6. The van der Waals surface area contributed by atoms with Crippen LogP contribution >= 0.6 is 0 Å². The summed E-state index contributed by atoms with van der Waals surface area (Å²) in [5.74, 6) is -1.54. The summed E-state index contributed by atoms with van der Waals surface area (Å²) in [6.07, 6.45) is 0.790. The van der Waals surface area contributed by atoms with Crippen molar-refractivity contribution in [2.45, 2.75) is 13.3 Å². The first-order valence-electron chi connectivity index (χ1n) is 6.85. The van der Waals surface area contributed by atoms with Gasteiger partial charge < -0.3 is 20.1 Å². The predicted octanol–water partition coefficient (Wildman–Crippen LogP) is 0.493. The number of aryl methyl sites for hydroxylation is 1. The Morgan fingerprint density at radius 3 is 2.50 bits per heavy atom. The number of amides is 2. The maximum atomic E-state index is 11.8. The van der Waals surface area contributed by atoms with Gasteiger partial charge in [0.25, 0.3) is 5.91 Å². The number of carbonyl (C=O) groups is 3. The Kier molecular flexibility index (Phi) is 7.63. The Labute approximate surface area is 129 Å². The van der Waals surface area contributed by atoms with Crippen LogP contribution < -0.4 is 10.6 Å². The van der Waals surface area contributed by atoms with Crippen molar-refractivity contribution in [1.29, 1.82) is 0 Å². The van der Waals surface area contributed by atoms with Gasteiger partial charge >= 0.3 is 5.97 Å². The highest BCUT2D eigenvalue weighted by Gasteiger charge is 2.10. The number of esters is 1. The zero-order chi connectivity index (χ0) is 16.4. The Morgan fingerprint density at radius 2 is 1.82 bits per heavy atom. The smallest absolute Gasteiger partial charge is 0.332 e. The minimum absolute atomic E-state index is 0.196. The Hall–Kier alpha value is -2.41. The van der Waals surface area contributed by atoms with Gasteiger partial charge in [-0.15, -0.1) is 0 Å². The largest absolute Gasteiger partial charge is 0.454 e. The number of para-hydroxylation sites is 1. The number of rotatable bonds is 8. The fourth-order valence-electron chi connectivity index (χ4n) is 1.68. The maximum Gasteiger partial charge on any atom is 0.332 e. The molecule has 0 bridgehead atoms. The Bertz CT molecular complexity index is 530. The molecule has 0 aliphatic heterocycles. The summed E-state index contributed by atoms with van der Waals surface area (Å²) in [4.78, 5) is 34.2. The molecule has 0 saturated heterocycles. The normalized spacial score (nSPS) is 9.91. The lowest BCUT2D eigenvalue weighted by Gasteiger charge is -2.10. The van der Waals surface area contributed by atoms with Crippen LogP contribution in [0.2, 0.25) is 0 Å². The summed E-state index contributed by atoms with van der Waals surface area (Å²) in [5.41, 5.74) is 1.73. The van der Waals surface area contributed by atoms with Crippen molar-refractivity contribution in [2.24, 2.45) is 0 Å². The molecule has 1 rings (SSSR count). The average Bonchev–Trinajstić information content (AvgIpc) is 2.51. The van der Waals surface area contributed by atoms with Crippen molar-refractivity contribution in [3.63, 3.8) is 0 Å². The highest BCUT2D eigenvalue weighted by Crippen LogP contribution is 2.14. The van der Waals surface area contributed by atoms with E-state index in [4.69, 9.17) is 0 Å². The predicted molar refractivity (Wildman–Crippen MR) is 80.3 cm³/mol. The van der Waals surface area contributed by atoms with E-state index in [2.05, 4.69) is 20.1 Å². The molecular formula is C15H20N2O5. The van der Waals surface area contributed by atoms with E-state index in [1.54, 1.807) is 6.07 Å². The number of methoxy groups -OCH3 is 1. The first-order valence-corrected chi connectivity index (χ1v) is 6.85. The summed E-state index contributed by atoms with van der Waals surface area (Å²) >= 11 is 0. The van der Waals surface area contributed by atoms with Crippen molar-refractivity contribution < 1.29 is 23.9 Å².